The minimum absolute atomic E-state index is 0.0803. The quantitative estimate of drug-likeness (QED) is 0.829. The van der Waals surface area contributed by atoms with Gasteiger partial charge < -0.3 is 11.1 Å². The van der Waals surface area contributed by atoms with Crippen molar-refractivity contribution in [3.8, 4) is 0 Å². The summed E-state index contributed by atoms with van der Waals surface area (Å²) in [4.78, 5) is 11.8. The summed E-state index contributed by atoms with van der Waals surface area (Å²) in [6.45, 7) is 0. The van der Waals surface area contributed by atoms with Gasteiger partial charge in [0.05, 0.1) is 11.3 Å². The third-order valence-corrected chi connectivity index (χ3v) is 2.41. The fraction of sp³-hybridized carbons (Fsp3) is 0. The predicted octanol–water partition coefficient (Wildman–Crippen LogP) is 2.24. The van der Waals surface area contributed by atoms with Gasteiger partial charge in [0.25, 0.3) is 5.91 Å². The molecule has 0 radical (unpaired) electrons. The summed E-state index contributed by atoms with van der Waals surface area (Å²) in [5.74, 6) is -2.69. The summed E-state index contributed by atoms with van der Waals surface area (Å²) < 4.78 is 26.4. The maximum Gasteiger partial charge on any atom is 0.259 e. The SMILES string of the molecule is Nc1cc(C(=O)Nc2ccc(Cl)nn2)c(F)cc1F. The number of rotatable bonds is 2. The second-order valence-electron chi connectivity index (χ2n) is 3.55. The fourth-order valence-electron chi connectivity index (χ4n) is 1.31. The van der Waals surface area contributed by atoms with Gasteiger partial charge in [-0.3, -0.25) is 4.79 Å². The number of hydrogen-bond acceptors (Lipinski definition) is 4. The Morgan fingerprint density at radius 2 is 1.95 bits per heavy atom. The molecular formula is C11H7ClF2N4O. The molecule has 1 heterocycles. The van der Waals surface area contributed by atoms with E-state index in [2.05, 4.69) is 15.5 Å². The highest BCUT2D eigenvalue weighted by Gasteiger charge is 2.15. The van der Waals surface area contributed by atoms with E-state index in [1.54, 1.807) is 0 Å². The molecule has 0 atom stereocenters. The Bertz CT molecular complexity index is 633. The number of carbonyl (C=O) groups is 1. The number of nitrogen functional groups attached to an aromatic ring is 1. The molecule has 0 aliphatic carbocycles. The van der Waals surface area contributed by atoms with E-state index in [4.69, 9.17) is 17.3 Å². The molecule has 5 nitrogen and oxygen atoms in total. The minimum Gasteiger partial charge on any atom is -0.396 e. The van der Waals surface area contributed by atoms with Gasteiger partial charge >= 0.3 is 0 Å². The summed E-state index contributed by atoms with van der Waals surface area (Å²) in [7, 11) is 0. The average Bonchev–Trinajstić information content (AvgIpc) is 2.36. The van der Waals surface area contributed by atoms with Gasteiger partial charge in [0.1, 0.15) is 11.6 Å². The molecule has 0 aliphatic heterocycles. The van der Waals surface area contributed by atoms with Gasteiger partial charge in [-0.2, -0.15) is 0 Å². The topological polar surface area (TPSA) is 80.9 Å². The Balaban J connectivity index is 2.25. The normalized spacial score (nSPS) is 10.3. The smallest absolute Gasteiger partial charge is 0.259 e. The van der Waals surface area contributed by atoms with E-state index in [0.29, 0.717) is 6.07 Å². The lowest BCUT2D eigenvalue weighted by atomic mass is 10.1. The largest absolute Gasteiger partial charge is 0.396 e. The first-order valence-corrected chi connectivity index (χ1v) is 5.40. The molecule has 0 aliphatic rings. The Morgan fingerprint density at radius 3 is 2.58 bits per heavy atom. The number of anilines is 2. The summed E-state index contributed by atoms with van der Waals surface area (Å²) in [6.07, 6.45) is 0. The van der Waals surface area contributed by atoms with E-state index < -0.39 is 23.1 Å². The lowest BCUT2D eigenvalue weighted by Gasteiger charge is -2.06. The monoisotopic (exact) mass is 284 g/mol. The van der Waals surface area contributed by atoms with Crippen LogP contribution in [0.15, 0.2) is 24.3 Å². The van der Waals surface area contributed by atoms with Gasteiger partial charge in [-0.05, 0) is 18.2 Å². The van der Waals surface area contributed by atoms with Crippen LogP contribution in [0.25, 0.3) is 0 Å². The first kappa shape index (κ1) is 13.2. The van der Waals surface area contributed by atoms with Gasteiger partial charge in [0.15, 0.2) is 11.0 Å². The Labute approximate surface area is 111 Å². The van der Waals surface area contributed by atoms with Crippen molar-refractivity contribution >= 4 is 29.0 Å². The summed E-state index contributed by atoms with van der Waals surface area (Å²) >= 11 is 5.52. The fourth-order valence-corrected chi connectivity index (χ4v) is 1.41. The lowest BCUT2D eigenvalue weighted by molar-refractivity contribution is 0.102. The second-order valence-corrected chi connectivity index (χ2v) is 3.94. The molecule has 8 heteroatoms. The third-order valence-electron chi connectivity index (χ3n) is 2.20. The lowest BCUT2D eigenvalue weighted by Crippen LogP contribution is -2.15. The van der Waals surface area contributed by atoms with Crippen LogP contribution in [0, 0.1) is 11.6 Å². The Morgan fingerprint density at radius 1 is 1.21 bits per heavy atom. The summed E-state index contributed by atoms with van der Waals surface area (Å²) in [6, 6.07) is 4.23. The summed E-state index contributed by atoms with van der Waals surface area (Å²) in [5, 5.41) is 9.51. The molecular weight excluding hydrogens is 278 g/mol. The minimum atomic E-state index is -1.02. The predicted molar refractivity (Wildman–Crippen MR) is 65.8 cm³/mol. The number of halogens is 3. The van der Waals surface area contributed by atoms with Crippen LogP contribution >= 0.6 is 11.6 Å². The van der Waals surface area contributed by atoms with E-state index in [-0.39, 0.29) is 16.7 Å². The number of amides is 1. The molecule has 0 unspecified atom stereocenters. The van der Waals surface area contributed by atoms with Gasteiger partial charge in [-0.15, -0.1) is 10.2 Å². The van der Waals surface area contributed by atoms with Crippen LogP contribution in [0.5, 0.6) is 0 Å². The second kappa shape index (κ2) is 5.15. The van der Waals surface area contributed by atoms with Crippen LogP contribution in [-0.2, 0) is 0 Å². The number of carbonyl (C=O) groups excluding carboxylic acids is 1. The maximum atomic E-state index is 13.4. The highest BCUT2D eigenvalue weighted by Crippen LogP contribution is 2.17. The van der Waals surface area contributed by atoms with E-state index in [1.165, 1.54) is 12.1 Å². The third kappa shape index (κ3) is 2.94. The zero-order valence-electron chi connectivity index (χ0n) is 9.32. The van der Waals surface area contributed by atoms with Crippen molar-refractivity contribution in [2.24, 2.45) is 0 Å². The van der Waals surface area contributed by atoms with Crippen LogP contribution in [0.3, 0.4) is 0 Å². The number of aromatic nitrogens is 2. The standard InChI is InChI=1S/C11H7ClF2N4O/c12-9-1-2-10(18-17-9)16-11(19)5-3-8(15)7(14)4-6(5)13/h1-4H,15H2,(H,16,18,19). The molecule has 2 rings (SSSR count). The first-order valence-electron chi connectivity index (χ1n) is 5.02. The van der Waals surface area contributed by atoms with Crippen molar-refractivity contribution in [2.75, 3.05) is 11.1 Å². The van der Waals surface area contributed by atoms with Crippen LogP contribution in [-0.4, -0.2) is 16.1 Å². The molecule has 0 bridgehead atoms. The molecule has 0 saturated heterocycles. The maximum absolute atomic E-state index is 13.4. The van der Waals surface area contributed by atoms with Crippen LogP contribution < -0.4 is 11.1 Å². The zero-order chi connectivity index (χ0) is 14.0. The molecule has 0 spiro atoms. The highest BCUT2D eigenvalue weighted by atomic mass is 35.5. The van der Waals surface area contributed by atoms with Crippen molar-refractivity contribution in [1.82, 2.24) is 10.2 Å². The van der Waals surface area contributed by atoms with E-state index in [0.717, 1.165) is 6.07 Å². The van der Waals surface area contributed by atoms with Gasteiger partial charge in [-0.25, -0.2) is 8.78 Å². The molecule has 98 valence electrons. The molecule has 1 aromatic carbocycles. The summed E-state index contributed by atoms with van der Waals surface area (Å²) in [5.41, 5.74) is 4.56. The van der Waals surface area contributed by atoms with Crippen molar-refractivity contribution in [3.05, 3.63) is 46.6 Å². The number of nitrogens with two attached hydrogens (primary N) is 1. The van der Waals surface area contributed by atoms with Crippen LogP contribution in [0.4, 0.5) is 20.3 Å². The number of benzene rings is 1. The molecule has 0 saturated carbocycles. The zero-order valence-corrected chi connectivity index (χ0v) is 10.1. The van der Waals surface area contributed by atoms with Gasteiger partial charge in [-0.1, -0.05) is 11.6 Å². The van der Waals surface area contributed by atoms with Crippen molar-refractivity contribution in [1.29, 1.82) is 0 Å². The molecule has 2 aromatic rings. The molecule has 0 fully saturated rings. The van der Waals surface area contributed by atoms with E-state index in [1.807, 2.05) is 0 Å². The van der Waals surface area contributed by atoms with E-state index >= 15 is 0 Å². The van der Waals surface area contributed by atoms with Crippen LogP contribution in [0.2, 0.25) is 5.15 Å². The Hall–Kier alpha value is -2.28. The van der Waals surface area contributed by atoms with E-state index in [9.17, 15) is 13.6 Å². The highest BCUT2D eigenvalue weighted by molar-refractivity contribution is 6.29. The molecule has 3 N–H and O–H groups in total. The van der Waals surface area contributed by atoms with Crippen LogP contribution in [0.1, 0.15) is 10.4 Å². The van der Waals surface area contributed by atoms with Gasteiger partial charge in [0, 0.05) is 6.07 Å². The molecule has 19 heavy (non-hydrogen) atoms. The van der Waals surface area contributed by atoms with Crippen molar-refractivity contribution < 1.29 is 13.6 Å². The molecule has 1 amide bonds. The first-order chi connectivity index (χ1) is 8.97. The number of nitrogens with one attached hydrogen (secondary N) is 1. The van der Waals surface area contributed by atoms with Gasteiger partial charge in [0.2, 0.25) is 0 Å². The Kier molecular flexibility index (Phi) is 3.57. The van der Waals surface area contributed by atoms with Crippen molar-refractivity contribution in [2.45, 2.75) is 0 Å². The number of hydrogen-bond donors (Lipinski definition) is 2. The van der Waals surface area contributed by atoms with Crippen molar-refractivity contribution in [3.63, 3.8) is 0 Å². The molecule has 1 aromatic heterocycles. The number of nitrogens with zero attached hydrogens (tertiary/aromatic N) is 2. The average molecular weight is 285 g/mol.